The second-order valence-electron chi connectivity index (χ2n) is 15.5. The van der Waals surface area contributed by atoms with Crippen molar-refractivity contribution in [2.45, 2.75) is 66.3 Å². The van der Waals surface area contributed by atoms with Crippen LogP contribution in [-0.2, 0) is 17.6 Å². The van der Waals surface area contributed by atoms with Crippen LogP contribution in [0.5, 0.6) is 17.2 Å². The van der Waals surface area contributed by atoms with Crippen molar-refractivity contribution < 1.29 is 38.5 Å². The molecule has 0 unspecified atom stereocenters. The van der Waals surface area contributed by atoms with Gasteiger partial charge in [0.15, 0.2) is 0 Å². The average molecular weight is 890 g/mol. The number of phenolic OH excluding ortho intramolecular Hbond substituents is 1. The zero-order valence-electron chi connectivity index (χ0n) is 39.2. The summed E-state index contributed by atoms with van der Waals surface area (Å²) in [7, 11) is 3.31. The van der Waals surface area contributed by atoms with E-state index in [0.717, 1.165) is 91.1 Å². The SMILES string of the molecule is C=CCc1cc(C(=O)N(CC)CC)ccc1OC.CCN(CC)C(=O)c1ccc(OC)c(CCN2CCC(n3ccc4ccc(C(N)=O)cc43)CC2)c1.CCOC(=O)c1ccc(O)cc1. The molecule has 1 aliphatic rings. The van der Waals surface area contributed by atoms with Gasteiger partial charge >= 0.3 is 5.97 Å². The molecule has 0 saturated carbocycles. The number of piperidine rings is 1. The van der Waals surface area contributed by atoms with E-state index in [1.54, 1.807) is 32.1 Å². The number of hydrogen-bond acceptors (Lipinski definition) is 9. The second kappa shape index (κ2) is 25.6. The van der Waals surface area contributed by atoms with Crippen molar-refractivity contribution in [1.82, 2.24) is 19.3 Å². The molecule has 65 heavy (non-hydrogen) atoms. The number of allylic oxidation sites excluding steroid dienone is 1. The van der Waals surface area contributed by atoms with Gasteiger partial charge in [0.1, 0.15) is 17.2 Å². The Kier molecular flexibility index (Phi) is 20.1. The van der Waals surface area contributed by atoms with Crippen LogP contribution in [0.3, 0.4) is 0 Å². The summed E-state index contributed by atoms with van der Waals surface area (Å²) in [5, 5.41) is 10.0. The Morgan fingerprint density at radius 1 is 0.723 bits per heavy atom. The number of rotatable bonds is 17. The number of phenols is 1. The van der Waals surface area contributed by atoms with Crippen LogP contribution in [-0.4, -0.2) is 115 Å². The van der Waals surface area contributed by atoms with Gasteiger partial charge in [0.05, 0.1) is 26.4 Å². The van der Waals surface area contributed by atoms with Gasteiger partial charge in [-0.1, -0.05) is 12.1 Å². The number of aromatic hydroxyl groups is 1. The summed E-state index contributed by atoms with van der Waals surface area (Å²) >= 11 is 0. The zero-order chi connectivity index (χ0) is 47.5. The van der Waals surface area contributed by atoms with Gasteiger partial charge < -0.3 is 44.3 Å². The maximum absolute atomic E-state index is 12.8. The van der Waals surface area contributed by atoms with Crippen molar-refractivity contribution >= 4 is 34.6 Å². The highest BCUT2D eigenvalue weighted by molar-refractivity contribution is 5.97. The number of nitrogens with zero attached hydrogens (tertiary/aromatic N) is 4. The van der Waals surface area contributed by atoms with Crippen molar-refractivity contribution in [2.75, 3.05) is 66.6 Å². The van der Waals surface area contributed by atoms with Gasteiger partial charge in [-0.2, -0.15) is 0 Å². The highest BCUT2D eigenvalue weighted by Gasteiger charge is 2.23. The number of aromatic nitrogens is 1. The quantitative estimate of drug-likeness (QED) is 0.0690. The molecule has 1 aliphatic heterocycles. The smallest absolute Gasteiger partial charge is 0.338 e. The molecule has 6 rings (SSSR count). The number of carbonyl (C=O) groups is 4. The fourth-order valence-electron chi connectivity index (χ4n) is 7.85. The first-order chi connectivity index (χ1) is 31.4. The molecule has 1 fully saturated rings. The van der Waals surface area contributed by atoms with Crippen LogP contribution in [0.2, 0.25) is 0 Å². The third kappa shape index (κ3) is 13.9. The molecule has 5 aromatic rings. The molecular weight excluding hydrogens is 823 g/mol. The number of benzene rings is 4. The summed E-state index contributed by atoms with van der Waals surface area (Å²) in [5.74, 6) is 1.14. The Morgan fingerprint density at radius 3 is 1.75 bits per heavy atom. The first-order valence-electron chi connectivity index (χ1n) is 22.5. The lowest BCUT2D eigenvalue weighted by Crippen LogP contribution is -2.36. The first kappa shape index (κ1) is 51.0. The Labute approximate surface area is 384 Å². The van der Waals surface area contributed by atoms with E-state index in [2.05, 4.69) is 28.3 Å². The monoisotopic (exact) mass is 889 g/mol. The second-order valence-corrected chi connectivity index (χ2v) is 15.5. The van der Waals surface area contributed by atoms with Crippen molar-refractivity contribution in [3.8, 4) is 17.2 Å². The van der Waals surface area contributed by atoms with Crippen LogP contribution in [0.1, 0.15) is 106 Å². The van der Waals surface area contributed by atoms with E-state index in [9.17, 15) is 19.2 Å². The van der Waals surface area contributed by atoms with E-state index in [4.69, 9.17) is 25.1 Å². The summed E-state index contributed by atoms with van der Waals surface area (Å²) in [6.07, 6.45) is 7.55. The Hall–Kier alpha value is -6.60. The lowest BCUT2D eigenvalue weighted by molar-refractivity contribution is 0.0525. The molecule has 13 heteroatoms. The van der Waals surface area contributed by atoms with Gasteiger partial charge in [-0.25, -0.2) is 4.79 Å². The van der Waals surface area contributed by atoms with Crippen LogP contribution < -0.4 is 15.2 Å². The lowest BCUT2D eigenvalue weighted by Gasteiger charge is -2.33. The third-order valence-corrected chi connectivity index (χ3v) is 11.6. The van der Waals surface area contributed by atoms with Gasteiger partial charge in [-0.3, -0.25) is 14.4 Å². The molecule has 0 aliphatic carbocycles. The minimum absolute atomic E-state index is 0.0629. The molecule has 4 aromatic carbocycles. The van der Waals surface area contributed by atoms with E-state index in [1.165, 1.54) is 24.3 Å². The van der Waals surface area contributed by atoms with Crippen molar-refractivity contribution in [2.24, 2.45) is 5.73 Å². The van der Waals surface area contributed by atoms with E-state index < -0.39 is 5.91 Å². The predicted molar refractivity (Wildman–Crippen MR) is 257 cm³/mol. The minimum atomic E-state index is -0.396. The normalized spacial score (nSPS) is 12.5. The number of hydrogen-bond donors (Lipinski definition) is 2. The van der Waals surface area contributed by atoms with Crippen LogP contribution in [0.25, 0.3) is 10.9 Å². The van der Waals surface area contributed by atoms with Gasteiger partial charge in [0, 0.05) is 80.3 Å². The topological polar surface area (TPSA) is 157 Å². The highest BCUT2D eigenvalue weighted by Crippen LogP contribution is 2.29. The molecule has 0 spiro atoms. The predicted octanol–water partition coefficient (Wildman–Crippen LogP) is 8.59. The Bertz CT molecular complexity index is 2340. The number of primary amides is 1. The number of methoxy groups -OCH3 is 2. The highest BCUT2D eigenvalue weighted by atomic mass is 16.5. The minimum Gasteiger partial charge on any atom is -0.508 e. The molecule has 13 nitrogen and oxygen atoms in total. The molecule has 1 saturated heterocycles. The summed E-state index contributed by atoms with van der Waals surface area (Å²) in [4.78, 5) is 53.8. The molecular formula is C52H67N5O8. The largest absolute Gasteiger partial charge is 0.508 e. The van der Waals surface area contributed by atoms with Gasteiger partial charge in [-0.05, 0) is 156 Å². The molecule has 1 aromatic heterocycles. The van der Waals surface area contributed by atoms with Crippen molar-refractivity contribution in [1.29, 1.82) is 0 Å². The van der Waals surface area contributed by atoms with E-state index >= 15 is 0 Å². The van der Waals surface area contributed by atoms with E-state index in [-0.39, 0.29) is 23.5 Å². The van der Waals surface area contributed by atoms with Crippen molar-refractivity contribution in [3.63, 3.8) is 0 Å². The molecule has 0 bridgehead atoms. The van der Waals surface area contributed by atoms with Crippen molar-refractivity contribution in [3.05, 3.63) is 137 Å². The molecule has 3 amide bonds. The third-order valence-electron chi connectivity index (χ3n) is 11.6. The number of likely N-dealkylation sites (tertiary alicyclic amines) is 1. The lowest BCUT2D eigenvalue weighted by atomic mass is 10.0. The molecule has 348 valence electrons. The average Bonchev–Trinajstić information content (AvgIpc) is 3.76. The van der Waals surface area contributed by atoms with Gasteiger partial charge in [0.2, 0.25) is 5.91 Å². The number of fused-ring (bicyclic) bond motifs is 1. The molecule has 0 radical (unpaired) electrons. The first-order valence-corrected chi connectivity index (χ1v) is 22.5. The maximum Gasteiger partial charge on any atom is 0.338 e. The van der Waals surface area contributed by atoms with Gasteiger partial charge in [0.25, 0.3) is 11.8 Å². The van der Waals surface area contributed by atoms with E-state index in [1.807, 2.05) is 87.2 Å². The van der Waals surface area contributed by atoms with Crippen LogP contribution in [0.4, 0.5) is 0 Å². The Balaban J connectivity index is 0.000000255. The number of ether oxygens (including phenoxy) is 3. The Morgan fingerprint density at radius 2 is 1.25 bits per heavy atom. The molecule has 3 N–H and O–H groups in total. The standard InChI is InChI=1S/C28H36N4O3.C15H21NO2.C9H10O3/c1-4-31(5-2)28(34)23-8-9-26(35-3)21(18-23)10-14-30-15-12-24(13-16-30)32-17-11-20-6-7-22(27(29)33)19-25(20)32;1-5-8-12-11-13(9-10-14(12)18-4)15(17)16(6-2)7-3;1-2-12-9(11)7-3-5-8(10)6-4-7/h6-9,11,17-19,24H,4-5,10,12-16H2,1-3H3,(H2,29,33);5,9-11H,1,6-8H2,2-4H3;3-6,10H,2H2,1H3. The molecule has 2 heterocycles. The van der Waals surface area contributed by atoms with Gasteiger partial charge in [-0.15, -0.1) is 6.58 Å². The fourth-order valence-corrected chi connectivity index (χ4v) is 7.85. The number of nitrogens with two attached hydrogens (primary N) is 1. The van der Waals surface area contributed by atoms with Crippen LogP contribution in [0, 0.1) is 0 Å². The summed E-state index contributed by atoms with van der Waals surface area (Å²) in [5.41, 5.74) is 11.0. The summed E-state index contributed by atoms with van der Waals surface area (Å²) < 4.78 is 17.9. The maximum atomic E-state index is 12.8. The number of carbonyl (C=O) groups excluding carboxylic acids is 4. The van der Waals surface area contributed by atoms with E-state index in [0.29, 0.717) is 48.8 Å². The fraction of sp³-hybridized carbons (Fsp3) is 0.385. The number of amides is 3. The van der Waals surface area contributed by atoms with Crippen LogP contribution in [0.15, 0.2) is 104 Å². The van der Waals surface area contributed by atoms with Crippen LogP contribution >= 0.6 is 0 Å². The zero-order valence-corrected chi connectivity index (χ0v) is 39.2. The summed E-state index contributed by atoms with van der Waals surface area (Å²) in [6, 6.07) is 25.4. The summed E-state index contributed by atoms with van der Waals surface area (Å²) in [6.45, 7) is 19.6. The molecule has 0 atom stereocenters. The number of esters is 1.